The summed E-state index contributed by atoms with van der Waals surface area (Å²) in [6, 6.07) is 0.200. The third kappa shape index (κ3) is 6.00. The van der Waals surface area contributed by atoms with Crippen LogP contribution in [0.2, 0.25) is 0 Å². The Hall–Kier alpha value is -2.15. The van der Waals surface area contributed by atoms with Crippen LogP contribution in [0.4, 0.5) is 0 Å². The fraction of sp³-hybridized carbons (Fsp3) is 0.720. The number of amides is 2. The van der Waals surface area contributed by atoms with Crippen molar-refractivity contribution in [1.82, 2.24) is 15.2 Å². The molecular formula is C25H37N3O4. The second kappa shape index (κ2) is 11.1. The van der Waals surface area contributed by atoms with Gasteiger partial charge in [0.05, 0.1) is 6.10 Å². The zero-order chi connectivity index (χ0) is 22.3. The average molecular weight is 444 g/mol. The van der Waals surface area contributed by atoms with E-state index in [1.807, 2.05) is 0 Å². The molecule has 0 radical (unpaired) electrons. The van der Waals surface area contributed by atoms with E-state index in [1.165, 1.54) is 19.3 Å². The Bertz CT molecular complexity index is 845. The minimum absolute atomic E-state index is 0.0461. The van der Waals surface area contributed by atoms with Crippen LogP contribution in [0.25, 0.3) is 0 Å². The summed E-state index contributed by atoms with van der Waals surface area (Å²) in [6.45, 7) is 1.27. The molecule has 1 aromatic rings. The fourth-order valence-corrected chi connectivity index (χ4v) is 5.28. The lowest BCUT2D eigenvalue weighted by molar-refractivity contribution is 0.0912. The number of carbonyl (C=O) groups is 2. The lowest BCUT2D eigenvalue weighted by Crippen LogP contribution is -2.41. The standard InChI is InChI=1S/C25H37N3O4/c29-23-21(24(30)26-18-9-4-2-1-3-5-10-18)16-28(15-20-13-8-14-32-20)17-22(23)25(31)27-19-11-6-7-12-19/h16-20H,1-15H2,(H,26,30)(H,27,31)/t20-/m1/s1. The van der Waals surface area contributed by atoms with E-state index < -0.39 is 5.43 Å². The molecule has 176 valence electrons. The molecule has 0 unspecified atom stereocenters. The monoisotopic (exact) mass is 443 g/mol. The maximum atomic E-state index is 13.2. The van der Waals surface area contributed by atoms with Gasteiger partial charge in [-0.1, -0.05) is 44.9 Å². The molecule has 1 saturated heterocycles. The average Bonchev–Trinajstić information content (AvgIpc) is 3.45. The summed E-state index contributed by atoms with van der Waals surface area (Å²) in [7, 11) is 0. The van der Waals surface area contributed by atoms with E-state index >= 15 is 0 Å². The van der Waals surface area contributed by atoms with Crippen LogP contribution >= 0.6 is 0 Å². The van der Waals surface area contributed by atoms with Gasteiger partial charge in [-0.25, -0.2) is 0 Å². The third-order valence-electron chi connectivity index (χ3n) is 7.14. The first-order valence-electron chi connectivity index (χ1n) is 12.6. The van der Waals surface area contributed by atoms with Crippen LogP contribution in [0, 0.1) is 0 Å². The minimum Gasteiger partial charge on any atom is -0.376 e. The van der Waals surface area contributed by atoms with Crippen LogP contribution in [0.15, 0.2) is 17.2 Å². The van der Waals surface area contributed by atoms with E-state index in [2.05, 4.69) is 10.6 Å². The molecule has 0 aromatic carbocycles. The highest BCUT2D eigenvalue weighted by molar-refractivity contribution is 5.99. The fourth-order valence-electron chi connectivity index (χ4n) is 5.28. The molecule has 7 heteroatoms. The SMILES string of the molecule is O=C(NC1CCCCCCC1)c1cn(C[C@H]2CCCO2)cc(C(=O)NC2CCCC2)c1=O. The second-order valence-electron chi connectivity index (χ2n) is 9.72. The van der Waals surface area contributed by atoms with E-state index in [1.54, 1.807) is 17.0 Å². The number of rotatable bonds is 6. The van der Waals surface area contributed by atoms with Crippen molar-refractivity contribution in [3.05, 3.63) is 33.7 Å². The molecule has 2 N–H and O–H groups in total. The van der Waals surface area contributed by atoms with E-state index in [9.17, 15) is 14.4 Å². The molecule has 3 aliphatic rings. The molecule has 2 amide bonds. The van der Waals surface area contributed by atoms with Crippen molar-refractivity contribution in [3.63, 3.8) is 0 Å². The van der Waals surface area contributed by atoms with Crippen molar-refractivity contribution in [3.8, 4) is 0 Å². The van der Waals surface area contributed by atoms with Crippen LogP contribution in [0.1, 0.15) is 104 Å². The van der Waals surface area contributed by atoms with Gasteiger partial charge in [0.15, 0.2) is 0 Å². The van der Waals surface area contributed by atoms with Gasteiger partial charge in [-0.2, -0.15) is 0 Å². The molecule has 7 nitrogen and oxygen atoms in total. The Morgan fingerprint density at radius 1 is 0.781 bits per heavy atom. The maximum Gasteiger partial charge on any atom is 0.256 e. The van der Waals surface area contributed by atoms with Gasteiger partial charge in [0, 0.05) is 37.6 Å². The van der Waals surface area contributed by atoms with Crippen molar-refractivity contribution >= 4 is 11.8 Å². The Morgan fingerprint density at radius 3 is 1.78 bits per heavy atom. The normalized spacial score (nSPS) is 22.9. The zero-order valence-corrected chi connectivity index (χ0v) is 19.1. The predicted molar refractivity (Wildman–Crippen MR) is 123 cm³/mol. The first-order valence-corrected chi connectivity index (χ1v) is 12.6. The highest BCUT2D eigenvalue weighted by Crippen LogP contribution is 2.19. The second-order valence-corrected chi connectivity index (χ2v) is 9.72. The van der Waals surface area contributed by atoms with Crippen molar-refractivity contribution in [2.24, 2.45) is 0 Å². The highest BCUT2D eigenvalue weighted by atomic mass is 16.5. The largest absolute Gasteiger partial charge is 0.376 e. The lowest BCUT2D eigenvalue weighted by atomic mass is 9.96. The molecule has 2 heterocycles. The smallest absolute Gasteiger partial charge is 0.256 e. The highest BCUT2D eigenvalue weighted by Gasteiger charge is 2.25. The van der Waals surface area contributed by atoms with Gasteiger partial charge in [-0.3, -0.25) is 14.4 Å². The number of hydrogen-bond donors (Lipinski definition) is 2. The Morgan fingerprint density at radius 2 is 1.28 bits per heavy atom. The molecule has 1 aromatic heterocycles. The molecule has 4 rings (SSSR count). The molecule has 1 aliphatic heterocycles. The van der Waals surface area contributed by atoms with Gasteiger partial charge in [-0.05, 0) is 38.5 Å². The molecule has 3 fully saturated rings. The van der Waals surface area contributed by atoms with Crippen LogP contribution in [-0.2, 0) is 11.3 Å². The number of ether oxygens (including phenoxy) is 1. The van der Waals surface area contributed by atoms with E-state index in [4.69, 9.17) is 4.74 Å². The zero-order valence-electron chi connectivity index (χ0n) is 19.1. The van der Waals surface area contributed by atoms with Crippen molar-refractivity contribution in [1.29, 1.82) is 0 Å². The molecule has 2 saturated carbocycles. The number of hydrogen-bond acceptors (Lipinski definition) is 4. The number of nitrogens with zero attached hydrogens (tertiary/aromatic N) is 1. The first kappa shape index (κ1) is 23.0. The van der Waals surface area contributed by atoms with Crippen molar-refractivity contribution < 1.29 is 14.3 Å². The number of nitrogens with one attached hydrogen (secondary N) is 2. The topological polar surface area (TPSA) is 89.4 Å². The molecule has 32 heavy (non-hydrogen) atoms. The van der Waals surface area contributed by atoms with Gasteiger partial charge in [0.1, 0.15) is 11.1 Å². The van der Waals surface area contributed by atoms with E-state index in [0.717, 1.165) is 70.8 Å². The summed E-state index contributed by atoms with van der Waals surface area (Å²) in [6.07, 6.45) is 17.0. The van der Waals surface area contributed by atoms with Gasteiger partial charge in [0.2, 0.25) is 5.43 Å². The Balaban J connectivity index is 1.56. The number of aromatic nitrogens is 1. The Labute approximate surface area is 190 Å². The van der Waals surface area contributed by atoms with Gasteiger partial charge < -0.3 is 19.9 Å². The van der Waals surface area contributed by atoms with Crippen LogP contribution < -0.4 is 16.1 Å². The quantitative estimate of drug-likeness (QED) is 0.704. The van der Waals surface area contributed by atoms with E-state index in [-0.39, 0.29) is 41.1 Å². The van der Waals surface area contributed by atoms with E-state index in [0.29, 0.717) is 6.54 Å². The van der Waals surface area contributed by atoms with Crippen LogP contribution in [0.5, 0.6) is 0 Å². The molecule has 0 bridgehead atoms. The predicted octanol–water partition coefficient (Wildman–Crippen LogP) is 3.54. The summed E-state index contributed by atoms with van der Waals surface area (Å²) in [5.74, 6) is -0.735. The Kier molecular flexibility index (Phi) is 8.00. The van der Waals surface area contributed by atoms with Crippen molar-refractivity contribution in [2.75, 3.05) is 6.61 Å². The maximum absolute atomic E-state index is 13.2. The molecule has 2 aliphatic carbocycles. The molecular weight excluding hydrogens is 406 g/mol. The van der Waals surface area contributed by atoms with Crippen LogP contribution in [-0.4, -0.2) is 41.2 Å². The summed E-state index contributed by atoms with van der Waals surface area (Å²) >= 11 is 0. The van der Waals surface area contributed by atoms with Gasteiger partial charge >= 0.3 is 0 Å². The number of carbonyl (C=O) groups excluding carboxylic acids is 2. The molecule has 1 atom stereocenters. The number of pyridine rings is 1. The van der Waals surface area contributed by atoms with Gasteiger partial charge in [0.25, 0.3) is 11.8 Å². The van der Waals surface area contributed by atoms with Crippen molar-refractivity contribution in [2.45, 2.75) is 108 Å². The molecule has 0 spiro atoms. The first-order chi connectivity index (χ1) is 15.6. The lowest BCUT2D eigenvalue weighted by Gasteiger charge is -2.22. The summed E-state index contributed by atoms with van der Waals surface area (Å²) in [5.41, 5.74) is -0.364. The third-order valence-corrected chi connectivity index (χ3v) is 7.14. The summed E-state index contributed by atoms with van der Waals surface area (Å²) in [5, 5.41) is 6.09. The summed E-state index contributed by atoms with van der Waals surface area (Å²) in [4.78, 5) is 39.3. The van der Waals surface area contributed by atoms with Crippen LogP contribution in [0.3, 0.4) is 0 Å². The summed E-state index contributed by atoms with van der Waals surface area (Å²) < 4.78 is 7.54. The van der Waals surface area contributed by atoms with Gasteiger partial charge in [-0.15, -0.1) is 0 Å². The minimum atomic E-state index is -0.479.